The van der Waals surface area contributed by atoms with E-state index in [1.165, 1.54) is 18.5 Å². The van der Waals surface area contributed by atoms with E-state index in [9.17, 15) is 8.42 Å². The highest BCUT2D eigenvalue weighted by Crippen LogP contribution is 2.30. The Morgan fingerprint density at radius 3 is 2.89 bits per heavy atom. The zero-order valence-electron chi connectivity index (χ0n) is 10.1. The summed E-state index contributed by atoms with van der Waals surface area (Å²) in [4.78, 5) is 4.03. The molecule has 1 fully saturated rings. The number of hydrogen-bond acceptors (Lipinski definition) is 4. The van der Waals surface area contributed by atoms with Crippen LogP contribution in [0.5, 0.6) is 0 Å². The van der Waals surface area contributed by atoms with Crippen molar-refractivity contribution in [1.29, 1.82) is 0 Å². The van der Waals surface area contributed by atoms with E-state index in [-0.39, 0.29) is 17.5 Å². The minimum atomic E-state index is -3.49. The molecule has 3 N–H and O–H groups in total. The first-order valence-electron chi connectivity index (χ1n) is 5.69. The van der Waals surface area contributed by atoms with Crippen LogP contribution in [0.4, 0.5) is 0 Å². The topological polar surface area (TPSA) is 85.1 Å². The zero-order chi connectivity index (χ0) is 13.2. The molecule has 0 aliphatic heterocycles. The fraction of sp³-hybridized carbons (Fsp3) is 0.417. The highest BCUT2D eigenvalue weighted by Gasteiger charge is 2.36. The van der Waals surface area contributed by atoms with Gasteiger partial charge in [0.15, 0.2) is 0 Å². The van der Waals surface area contributed by atoms with Gasteiger partial charge in [-0.3, -0.25) is 4.98 Å². The van der Waals surface area contributed by atoms with E-state index in [1.54, 1.807) is 0 Å². The van der Waals surface area contributed by atoms with Gasteiger partial charge in [0.2, 0.25) is 10.0 Å². The van der Waals surface area contributed by atoms with Crippen LogP contribution in [-0.2, 0) is 10.0 Å². The average molecular weight is 265 g/mol. The lowest BCUT2D eigenvalue weighted by molar-refractivity contribution is 0.578. The van der Waals surface area contributed by atoms with Gasteiger partial charge in [0.1, 0.15) is 4.90 Å². The number of rotatable bonds is 3. The van der Waals surface area contributed by atoms with Crippen LogP contribution in [-0.4, -0.2) is 26.0 Å². The molecule has 1 aromatic heterocycles. The van der Waals surface area contributed by atoms with Crippen LogP contribution in [0.2, 0.25) is 0 Å². The second kappa shape index (κ2) is 5.06. The molecule has 18 heavy (non-hydrogen) atoms. The van der Waals surface area contributed by atoms with Crippen molar-refractivity contribution in [3.63, 3.8) is 0 Å². The van der Waals surface area contributed by atoms with Gasteiger partial charge >= 0.3 is 0 Å². The Balaban J connectivity index is 2.21. The zero-order valence-corrected chi connectivity index (χ0v) is 10.9. The number of sulfonamides is 1. The van der Waals surface area contributed by atoms with Crippen LogP contribution in [0, 0.1) is 17.8 Å². The normalized spacial score (nSPS) is 22.1. The molecule has 0 radical (unpaired) electrons. The van der Waals surface area contributed by atoms with Crippen molar-refractivity contribution in [2.45, 2.75) is 24.3 Å². The largest absolute Gasteiger partial charge is 0.320 e. The molecule has 0 bridgehead atoms. The predicted octanol–water partition coefficient (Wildman–Crippen LogP) is 0.0785. The molecule has 0 saturated heterocycles. The van der Waals surface area contributed by atoms with E-state index < -0.39 is 10.0 Å². The highest BCUT2D eigenvalue weighted by molar-refractivity contribution is 7.89. The van der Waals surface area contributed by atoms with Crippen LogP contribution in [0.3, 0.4) is 0 Å². The Morgan fingerprint density at radius 2 is 2.28 bits per heavy atom. The molecule has 0 spiro atoms. The lowest BCUT2D eigenvalue weighted by Crippen LogP contribution is -2.27. The molecule has 1 saturated carbocycles. The number of aromatic nitrogens is 1. The van der Waals surface area contributed by atoms with Crippen LogP contribution >= 0.6 is 0 Å². The molecular weight excluding hydrogens is 250 g/mol. The Kier molecular flexibility index (Phi) is 3.66. The second-order valence-electron chi connectivity index (χ2n) is 4.36. The number of pyridine rings is 1. The van der Waals surface area contributed by atoms with Gasteiger partial charge in [0.05, 0.1) is 6.54 Å². The van der Waals surface area contributed by atoms with Gasteiger partial charge in [-0.1, -0.05) is 18.8 Å². The van der Waals surface area contributed by atoms with Crippen molar-refractivity contribution >= 4 is 10.0 Å². The summed E-state index contributed by atoms with van der Waals surface area (Å²) in [5.74, 6) is 5.84. The molecule has 0 amide bonds. The molecular formula is C12H15N3O2S. The SMILES string of the molecule is CC1CC1NS(=O)(=O)c1cncc(C#CCN)c1. The van der Waals surface area contributed by atoms with Crippen LogP contribution in [0.1, 0.15) is 18.9 Å². The lowest BCUT2D eigenvalue weighted by atomic mass is 10.3. The first-order valence-corrected chi connectivity index (χ1v) is 7.17. The summed E-state index contributed by atoms with van der Waals surface area (Å²) in [6, 6.07) is 1.55. The van der Waals surface area contributed by atoms with Crippen molar-refractivity contribution in [1.82, 2.24) is 9.71 Å². The van der Waals surface area contributed by atoms with Crippen molar-refractivity contribution in [2.24, 2.45) is 11.7 Å². The molecule has 1 aliphatic carbocycles. The summed E-state index contributed by atoms with van der Waals surface area (Å²) in [6.07, 6.45) is 3.73. The Hall–Kier alpha value is -1.42. The standard InChI is InChI=1S/C12H15N3O2S/c1-9-5-12(9)15-18(16,17)11-6-10(3-2-4-13)7-14-8-11/h6-9,12,15H,4-5,13H2,1H3. The number of hydrogen-bond donors (Lipinski definition) is 2. The molecule has 2 rings (SSSR count). The Labute approximate surface area is 107 Å². The number of nitrogens with zero attached hydrogens (tertiary/aromatic N) is 1. The summed E-state index contributed by atoms with van der Waals surface area (Å²) in [6.45, 7) is 2.24. The molecule has 96 valence electrons. The molecule has 0 aromatic carbocycles. The fourth-order valence-corrected chi connectivity index (χ4v) is 2.89. The van der Waals surface area contributed by atoms with E-state index in [2.05, 4.69) is 21.5 Å². The average Bonchev–Trinajstić information content (AvgIpc) is 3.02. The second-order valence-corrected chi connectivity index (χ2v) is 6.07. The van der Waals surface area contributed by atoms with E-state index in [0.717, 1.165) is 6.42 Å². The van der Waals surface area contributed by atoms with Gasteiger partial charge in [-0.2, -0.15) is 0 Å². The van der Waals surface area contributed by atoms with Gasteiger partial charge < -0.3 is 5.73 Å². The van der Waals surface area contributed by atoms with Gasteiger partial charge in [-0.05, 0) is 18.4 Å². The molecule has 2 atom stereocenters. The van der Waals surface area contributed by atoms with Crippen molar-refractivity contribution in [3.8, 4) is 11.8 Å². The van der Waals surface area contributed by atoms with Gasteiger partial charge in [-0.25, -0.2) is 13.1 Å². The minimum absolute atomic E-state index is 0.0498. The van der Waals surface area contributed by atoms with E-state index >= 15 is 0 Å². The quantitative estimate of drug-likeness (QED) is 0.758. The van der Waals surface area contributed by atoms with Crippen molar-refractivity contribution < 1.29 is 8.42 Å². The minimum Gasteiger partial charge on any atom is -0.320 e. The van der Waals surface area contributed by atoms with Crippen LogP contribution in [0.25, 0.3) is 0 Å². The predicted molar refractivity (Wildman–Crippen MR) is 68.1 cm³/mol. The van der Waals surface area contributed by atoms with Crippen LogP contribution in [0.15, 0.2) is 23.4 Å². The van der Waals surface area contributed by atoms with E-state index in [0.29, 0.717) is 11.5 Å². The number of nitrogens with one attached hydrogen (secondary N) is 1. The highest BCUT2D eigenvalue weighted by atomic mass is 32.2. The van der Waals surface area contributed by atoms with Crippen molar-refractivity contribution in [3.05, 3.63) is 24.0 Å². The molecule has 1 aliphatic rings. The summed E-state index contributed by atoms with van der Waals surface area (Å²) in [5.41, 5.74) is 5.81. The maximum Gasteiger partial charge on any atom is 0.242 e. The fourth-order valence-electron chi connectivity index (χ4n) is 1.54. The van der Waals surface area contributed by atoms with Crippen LogP contribution < -0.4 is 10.5 Å². The monoisotopic (exact) mass is 265 g/mol. The summed E-state index contributed by atoms with van der Waals surface area (Å²) in [7, 11) is -3.49. The molecule has 1 heterocycles. The summed E-state index contributed by atoms with van der Waals surface area (Å²) < 4.78 is 26.7. The smallest absolute Gasteiger partial charge is 0.242 e. The lowest BCUT2D eigenvalue weighted by Gasteiger charge is -2.05. The summed E-state index contributed by atoms with van der Waals surface area (Å²) in [5, 5.41) is 0. The maximum atomic E-state index is 12.0. The van der Waals surface area contributed by atoms with Gasteiger partial charge in [0.25, 0.3) is 0 Å². The van der Waals surface area contributed by atoms with E-state index in [1.807, 2.05) is 6.92 Å². The molecule has 5 nitrogen and oxygen atoms in total. The van der Waals surface area contributed by atoms with Gasteiger partial charge in [-0.15, -0.1) is 0 Å². The van der Waals surface area contributed by atoms with E-state index in [4.69, 9.17) is 5.73 Å². The molecule has 6 heteroatoms. The van der Waals surface area contributed by atoms with Crippen molar-refractivity contribution in [2.75, 3.05) is 6.54 Å². The maximum absolute atomic E-state index is 12.0. The number of nitrogens with two attached hydrogens (primary N) is 1. The molecule has 1 aromatic rings. The third-order valence-corrected chi connectivity index (χ3v) is 4.23. The van der Waals surface area contributed by atoms with Gasteiger partial charge in [0, 0.05) is 24.0 Å². The third kappa shape index (κ3) is 3.07. The summed E-state index contributed by atoms with van der Waals surface area (Å²) >= 11 is 0. The Bertz CT molecular complexity index is 601. The first kappa shape index (κ1) is 13.0. The third-order valence-electron chi connectivity index (χ3n) is 2.77. The Morgan fingerprint density at radius 1 is 1.56 bits per heavy atom. The molecule has 2 unspecified atom stereocenters. The first-order chi connectivity index (χ1) is 8.53.